The minimum absolute atomic E-state index is 0.114. The first-order chi connectivity index (χ1) is 14.1. The zero-order chi connectivity index (χ0) is 20.2. The fourth-order valence-corrected chi connectivity index (χ4v) is 3.60. The lowest BCUT2D eigenvalue weighted by atomic mass is 10.0. The molecule has 29 heavy (non-hydrogen) atoms. The predicted octanol–water partition coefficient (Wildman–Crippen LogP) is 2.73. The molecule has 2 aromatic heterocycles. The fraction of sp³-hybridized carbons (Fsp3) is 0.333. The van der Waals surface area contributed by atoms with Crippen molar-refractivity contribution in [1.29, 1.82) is 0 Å². The van der Waals surface area contributed by atoms with Crippen molar-refractivity contribution in [2.45, 2.75) is 38.6 Å². The number of amides is 2. The van der Waals surface area contributed by atoms with Crippen LogP contribution in [-0.4, -0.2) is 44.2 Å². The largest absolute Gasteiger partial charge is 0.361 e. The summed E-state index contributed by atoms with van der Waals surface area (Å²) in [5, 5.41) is 10.9. The van der Waals surface area contributed by atoms with Crippen molar-refractivity contribution >= 4 is 17.5 Å². The Balaban J connectivity index is 1.42. The Hall–Kier alpha value is -3.42. The molecule has 2 amide bonds. The van der Waals surface area contributed by atoms with Gasteiger partial charge in [-0.2, -0.15) is 5.10 Å². The summed E-state index contributed by atoms with van der Waals surface area (Å²) in [6, 6.07) is 10.6. The van der Waals surface area contributed by atoms with E-state index in [1.54, 1.807) is 21.8 Å². The van der Waals surface area contributed by atoms with Crippen molar-refractivity contribution in [3.63, 3.8) is 0 Å². The molecule has 1 aliphatic rings. The lowest BCUT2D eigenvalue weighted by Gasteiger charge is -2.34. The van der Waals surface area contributed by atoms with Crippen molar-refractivity contribution in [3.05, 3.63) is 60.2 Å². The maximum absolute atomic E-state index is 12.9. The van der Waals surface area contributed by atoms with Gasteiger partial charge in [-0.25, -0.2) is 4.68 Å². The third kappa shape index (κ3) is 4.37. The molecule has 1 atom stereocenters. The SMILES string of the molecule is Cc1cc(CC(=O)N2CCCC[C@H]2C(=O)Nc2ccc(-n3cccn3)cc2)on1. The van der Waals surface area contributed by atoms with Crippen LogP contribution in [-0.2, 0) is 16.0 Å². The Kier molecular flexibility index (Phi) is 5.41. The highest BCUT2D eigenvalue weighted by molar-refractivity contribution is 5.97. The van der Waals surface area contributed by atoms with E-state index in [4.69, 9.17) is 4.52 Å². The molecule has 1 saturated heterocycles. The lowest BCUT2D eigenvalue weighted by Crippen LogP contribution is -2.50. The summed E-state index contributed by atoms with van der Waals surface area (Å²) in [4.78, 5) is 27.3. The van der Waals surface area contributed by atoms with Gasteiger partial charge in [-0.05, 0) is 56.5 Å². The van der Waals surface area contributed by atoms with Crippen LogP contribution in [0.3, 0.4) is 0 Å². The molecule has 150 valence electrons. The molecule has 8 heteroatoms. The van der Waals surface area contributed by atoms with Crippen LogP contribution in [0.4, 0.5) is 5.69 Å². The standard InChI is InChI=1S/C21H23N5O3/c1-15-13-18(29-24-15)14-20(27)25-11-3-2-5-19(25)21(28)23-16-6-8-17(9-7-16)26-12-4-10-22-26/h4,6-10,12-13,19H,2-3,5,11,14H2,1H3,(H,23,28)/t19-/m0/s1. The minimum atomic E-state index is -0.480. The molecule has 1 N–H and O–H groups in total. The Labute approximate surface area is 168 Å². The van der Waals surface area contributed by atoms with Crippen LogP contribution in [0.25, 0.3) is 5.69 Å². The van der Waals surface area contributed by atoms with Crippen molar-refractivity contribution < 1.29 is 14.1 Å². The second-order valence-corrected chi connectivity index (χ2v) is 7.20. The first-order valence-electron chi connectivity index (χ1n) is 9.73. The van der Waals surface area contributed by atoms with Gasteiger partial charge in [-0.3, -0.25) is 9.59 Å². The number of aromatic nitrogens is 3. The van der Waals surface area contributed by atoms with Crippen LogP contribution in [0.15, 0.2) is 53.3 Å². The van der Waals surface area contributed by atoms with E-state index >= 15 is 0 Å². The fourth-order valence-electron chi connectivity index (χ4n) is 3.60. The van der Waals surface area contributed by atoms with E-state index in [0.29, 0.717) is 24.4 Å². The number of piperidine rings is 1. The number of carbonyl (C=O) groups excluding carboxylic acids is 2. The Bertz CT molecular complexity index is 978. The lowest BCUT2D eigenvalue weighted by molar-refractivity contribution is -0.140. The molecule has 0 aliphatic carbocycles. The molecular formula is C21H23N5O3. The molecule has 3 aromatic rings. The average molecular weight is 393 g/mol. The van der Waals surface area contributed by atoms with E-state index in [1.807, 2.05) is 43.5 Å². The maximum Gasteiger partial charge on any atom is 0.247 e. The number of anilines is 1. The third-order valence-corrected chi connectivity index (χ3v) is 5.03. The number of nitrogens with one attached hydrogen (secondary N) is 1. The van der Waals surface area contributed by atoms with Crippen molar-refractivity contribution in [2.24, 2.45) is 0 Å². The first kappa shape index (κ1) is 18.9. The molecule has 1 aliphatic heterocycles. The van der Waals surface area contributed by atoms with Gasteiger partial charge in [0.2, 0.25) is 11.8 Å². The Morgan fingerprint density at radius 1 is 1.24 bits per heavy atom. The van der Waals surface area contributed by atoms with Gasteiger partial charge in [0.05, 0.1) is 17.8 Å². The van der Waals surface area contributed by atoms with Crippen LogP contribution in [0.1, 0.15) is 30.7 Å². The smallest absolute Gasteiger partial charge is 0.247 e. The molecule has 4 rings (SSSR count). The number of likely N-dealkylation sites (tertiary alicyclic amines) is 1. The molecule has 0 bridgehead atoms. The summed E-state index contributed by atoms with van der Waals surface area (Å²) >= 11 is 0. The second kappa shape index (κ2) is 8.30. The van der Waals surface area contributed by atoms with Gasteiger partial charge in [-0.15, -0.1) is 0 Å². The molecule has 0 saturated carbocycles. The summed E-state index contributed by atoms with van der Waals surface area (Å²) < 4.78 is 6.90. The van der Waals surface area contributed by atoms with Crippen LogP contribution in [0.5, 0.6) is 0 Å². The summed E-state index contributed by atoms with van der Waals surface area (Å²) in [6.07, 6.45) is 6.15. The van der Waals surface area contributed by atoms with Crippen LogP contribution in [0.2, 0.25) is 0 Å². The molecule has 0 unspecified atom stereocenters. The van der Waals surface area contributed by atoms with E-state index in [9.17, 15) is 9.59 Å². The number of carbonyl (C=O) groups is 2. The molecule has 0 spiro atoms. The number of benzene rings is 1. The zero-order valence-corrected chi connectivity index (χ0v) is 16.2. The summed E-state index contributed by atoms with van der Waals surface area (Å²) in [7, 11) is 0. The predicted molar refractivity (Wildman–Crippen MR) is 106 cm³/mol. The van der Waals surface area contributed by atoms with Gasteiger partial charge in [0.1, 0.15) is 11.8 Å². The highest BCUT2D eigenvalue weighted by atomic mass is 16.5. The normalized spacial score (nSPS) is 16.6. The molecule has 1 fully saturated rings. The van der Waals surface area contributed by atoms with E-state index in [1.165, 1.54) is 0 Å². The van der Waals surface area contributed by atoms with Crippen molar-refractivity contribution in [1.82, 2.24) is 19.8 Å². The monoisotopic (exact) mass is 393 g/mol. The maximum atomic E-state index is 12.9. The van der Waals surface area contributed by atoms with Gasteiger partial charge in [0.15, 0.2) is 0 Å². The van der Waals surface area contributed by atoms with Crippen LogP contribution in [0, 0.1) is 6.92 Å². The number of nitrogens with zero attached hydrogens (tertiary/aromatic N) is 4. The summed E-state index contributed by atoms with van der Waals surface area (Å²) in [6.45, 7) is 2.38. The van der Waals surface area contributed by atoms with Crippen LogP contribution >= 0.6 is 0 Å². The van der Waals surface area contributed by atoms with E-state index in [-0.39, 0.29) is 18.2 Å². The Morgan fingerprint density at radius 2 is 2.07 bits per heavy atom. The number of rotatable bonds is 5. The zero-order valence-electron chi connectivity index (χ0n) is 16.2. The van der Waals surface area contributed by atoms with E-state index in [0.717, 1.165) is 24.2 Å². The molecule has 8 nitrogen and oxygen atoms in total. The highest BCUT2D eigenvalue weighted by Crippen LogP contribution is 2.21. The van der Waals surface area contributed by atoms with E-state index in [2.05, 4.69) is 15.6 Å². The molecule has 3 heterocycles. The molecule has 1 aromatic carbocycles. The van der Waals surface area contributed by atoms with Gasteiger partial charge >= 0.3 is 0 Å². The molecular weight excluding hydrogens is 370 g/mol. The summed E-state index contributed by atoms with van der Waals surface area (Å²) in [5.41, 5.74) is 2.33. The third-order valence-electron chi connectivity index (χ3n) is 5.03. The average Bonchev–Trinajstić information content (AvgIpc) is 3.40. The Morgan fingerprint density at radius 3 is 2.76 bits per heavy atom. The summed E-state index contributed by atoms with van der Waals surface area (Å²) in [5.74, 6) is 0.236. The molecule has 0 radical (unpaired) electrons. The van der Waals surface area contributed by atoms with Crippen molar-refractivity contribution in [3.8, 4) is 5.69 Å². The quantitative estimate of drug-likeness (QED) is 0.719. The minimum Gasteiger partial charge on any atom is -0.361 e. The highest BCUT2D eigenvalue weighted by Gasteiger charge is 2.32. The van der Waals surface area contributed by atoms with Gasteiger partial charge in [0, 0.05) is 30.7 Å². The van der Waals surface area contributed by atoms with E-state index < -0.39 is 6.04 Å². The van der Waals surface area contributed by atoms with Crippen molar-refractivity contribution in [2.75, 3.05) is 11.9 Å². The van der Waals surface area contributed by atoms with Gasteiger partial charge < -0.3 is 14.7 Å². The van der Waals surface area contributed by atoms with Gasteiger partial charge in [0.25, 0.3) is 0 Å². The number of hydrogen-bond donors (Lipinski definition) is 1. The topological polar surface area (TPSA) is 93.3 Å². The number of hydrogen-bond acceptors (Lipinski definition) is 5. The van der Waals surface area contributed by atoms with Crippen LogP contribution < -0.4 is 5.32 Å². The number of aryl methyl sites for hydroxylation is 1. The van der Waals surface area contributed by atoms with Gasteiger partial charge in [-0.1, -0.05) is 5.16 Å². The first-order valence-corrected chi connectivity index (χ1v) is 9.73. The second-order valence-electron chi connectivity index (χ2n) is 7.20.